The topological polar surface area (TPSA) is 39.2 Å². The van der Waals surface area contributed by atoms with Gasteiger partial charge in [-0.05, 0) is 24.6 Å². The van der Waals surface area contributed by atoms with Crippen LogP contribution in [0.25, 0.3) is 0 Å². The summed E-state index contributed by atoms with van der Waals surface area (Å²) in [6, 6.07) is 7.50. The molecule has 0 amide bonds. The second-order valence-electron chi connectivity index (χ2n) is 3.71. The highest BCUT2D eigenvalue weighted by atomic mass is 79.9. The molecule has 2 rings (SSSR count). The van der Waals surface area contributed by atoms with Gasteiger partial charge < -0.3 is 4.74 Å². The first-order valence-corrected chi connectivity index (χ1v) is 7.81. The van der Waals surface area contributed by atoms with Gasteiger partial charge in [0.2, 0.25) is 0 Å². The van der Waals surface area contributed by atoms with Crippen LogP contribution in [0.3, 0.4) is 0 Å². The number of esters is 1. The molecule has 0 saturated carbocycles. The number of hydrogen-bond donors (Lipinski definition) is 0. The Morgan fingerprint density at radius 1 is 1.47 bits per heavy atom. The van der Waals surface area contributed by atoms with E-state index in [-0.39, 0.29) is 10.8 Å². The monoisotopic (exact) mass is 359 g/mol. The predicted octanol–water partition coefficient (Wildman–Crippen LogP) is 4.46. The Kier molecular flexibility index (Phi) is 4.96. The van der Waals surface area contributed by atoms with Gasteiger partial charge in [0.05, 0.1) is 11.4 Å². The molecule has 1 atom stereocenters. The van der Waals surface area contributed by atoms with Crippen molar-refractivity contribution in [1.82, 2.24) is 4.98 Å². The Hall–Kier alpha value is -0.910. The minimum Gasteiger partial charge on any atom is -0.461 e. The first-order chi connectivity index (χ1) is 9.11. The molecule has 100 valence electrons. The minimum atomic E-state index is -0.388. The zero-order valence-electron chi connectivity index (χ0n) is 10.1. The molecule has 6 heteroatoms. The fraction of sp³-hybridized carbons (Fsp3) is 0.231. The molecule has 0 aliphatic rings. The van der Waals surface area contributed by atoms with Crippen molar-refractivity contribution >= 4 is 44.8 Å². The first-order valence-electron chi connectivity index (χ1n) is 5.64. The van der Waals surface area contributed by atoms with Crippen molar-refractivity contribution < 1.29 is 9.53 Å². The molecule has 1 aromatic carbocycles. The molecule has 0 N–H and O–H groups in total. The number of halogens is 2. The Morgan fingerprint density at radius 2 is 2.16 bits per heavy atom. The van der Waals surface area contributed by atoms with Crippen LogP contribution in [0.15, 0.2) is 29.6 Å². The summed E-state index contributed by atoms with van der Waals surface area (Å²) in [5.41, 5.74) is 1.38. The van der Waals surface area contributed by atoms with E-state index >= 15 is 0 Å². The van der Waals surface area contributed by atoms with Crippen LogP contribution in [0, 0.1) is 0 Å². The highest BCUT2D eigenvalue weighted by molar-refractivity contribution is 9.09. The van der Waals surface area contributed by atoms with E-state index in [9.17, 15) is 4.79 Å². The summed E-state index contributed by atoms with van der Waals surface area (Å²) in [5.74, 6) is -0.388. The summed E-state index contributed by atoms with van der Waals surface area (Å²) in [6.45, 7) is 2.12. The second kappa shape index (κ2) is 6.50. The quantitative estimate of drug-likeness (QED) is 0.597. The number of carbonyl (C=O) groups is 1. The van der Waals surface area contributed by atoms with E-state index in [0.717, 1.165) is 10.6 Å². The van der Waals surface area contributed by atoms with Crippen LogP contribution in [-0.2, 0) is 4.74 Å². The third kappa shape index (κ3) is 3.55. The van der Waals surface area contributed by atoms with Crippen LogP contribution in [0.4, 0.5) is 0 Å². The zero-order valence-corrected chi connectivity index (χ0v) is 13.3. The van der Waals surface area contributed by atoms with E-state index in [0.29, 0.717) is 17.3 Å². The Morgan fingerprint density at radius 3 is 2.79 bits per heavy atom. The number of alkyl halides is 1. The summed E-state index contributed by atoms with van der Waals surface area (Å²) in [5, 5.41) is 3.21. The third-order valence-corrected chi connectivity index (χ3v) is 4.81. The molecule has 0 bridgehead atoms. The van der Waals surface area contributed by atoms with Crippen molar-refractivity contribution in [3.63, 3.8) is 0 Å². The molecular formula is C13H11BrClNO2S. The standard InChI is InChI=1S/C13H11BrClNO2S/c1-2-18-13(17)10-7-19-12(16-10)11(14)8-3-5-9(15)6-4-8/h3-7,11H,2H2,1H3. The van der Waals surface area contributed by atoms with Gasteiger partial charge in [-0.1, -0.05) is 39.7 Å². The van der Waals surface area contributed by atoms with Crippen molar-refractivity contribution in [3.8, 4) is 0 Å². The van der Waals surface area contributed by atoms with Crippen molar-refractivity contribution in [2.45, 2.75) is 11.8 Å². The predicted molar refractivity (Wildman–Crippen MR) is 80.3 cm³/mol. The Balaban J connectivity index is 2.18. The summed E-state index contributed by atoms with van der Waals surface area (Å²) in [7, 11) is 0. The third-order valence-electron chi connectivity index (χ3n) is 2.39. The average molecular weight is 361 g/mol. The van der Waals surface area contributed by atoms with E-state index < -0.39 is 0 Å². The molecule has 0 saturated heterocycles. The maximum Gasteiger partial charge on any atom is 0.357 e. The SMILES string of the molecule is CCOC(=O)c1csc(C(Br)c2ccc(Cl)cc2)n1. The molecule has 0 fully saturated rings. The molecular weight excluding hydrogens is 350 g/mol. The Labute approximate surface area is 128 Å². The number of aromatic nitrogens is 1. The van der Waals surface area contributed by atoms with E-state index in [1.165, 1.54) is 11.3 Å². The highest BCUT2D eigenvalue weighted by Crippen LogP contribution is 2.33. The number of nitrogens with zero attached hydrogens (tertiary/aromatic N) is 1. The highest BCUT2D eigenvalue weighted by Gasteiger charge is 2.18. The molecule has 1 aromatic heterocycles. The van der Waals surface area contributed by atoms with Crippen molar-refractivity contribution in [3.05, 3.63) is 50.9 Å². The van der Waals surface area contributed by atoms with Crippen molar-refractivity contribution in [2.75, 3.05) is 6.61 Å². The Bertz CT molecular complexity index is 570. The smallest absolute Gasteiger partial charge is 0.357 e. The minimum absolute atomic E-state index is 0.0575. The molecule has 2 aromatic rings. The second-order valence-corrected chi connectivity index (χ2v) is 5.95. The van der Waals surface area contributed by atoms with Gasteiger partial charge in [-0.2, -0.15) is 0 Å². The van der Waals surface area contributed by atoms with Gasteiger partial charge >= 0.3 is 5.97 Å². The maximum atomic E-state index is 11.6. The lowest BCUT2D eigenvalue weighted by Crippen LogP contribution is -2.05. The summed E-state index contributed by atoms with van der Waals surface area (Å²) < 4.78 is 4.91. The number of thiazole rings is 1. The normalized spacial score (nSPS) is 12.2. The van der Waals surface area contributed by atoms with Crippen LogP contribution in [0.5, 0.6) is 0 Å². The molecule has 0 aliphatic carbocycles. The van der Waals surface area contributed by atoms with E-state index in [2.05, 4.69) is 20.9 Å². The number of benzene rings is 1. The van der Waals surface area contributed by atoms with Crippen molar-refractivity contribution in [1.29, 1.82) is 0 Å². The van der Waals surface area contributed by atoms with Gasteiger partial charge in [0.1, 0.15) is 5.01 Å². The molecule has 1 heterocycles. The number of rotatable bonds is 4. The fourth-order valence-electron chi connectivity index (χ4n) is 1.48. The lowest BCUT2D eigenvalue weighted by atomic mass is 10.2. The summed E-state index contributed by atoms with van der Waals surface area (Å²) in [4.78, 5) is 15.8. The van der Waals surface area contributed by atoms with Crippen molar-refractivity contribution in [2.24, 2.45) is 0 Å². The first kappa shape index (κ1) is 14.5. The maximum absolute atomic E-state index is 11.6. The lowest BCUT2D eigenvalue weighted by molar-refractivity contribution is 0.0520. The molecule has 3 nitrogen and oxygen atoms in total. The average Bonchev–Trinajstić information content (AvgIpc) is 2.89. The fourth-order valence-corrected chi connectivity index (χ4v) is 3.12. The van der Waals surface area contributed by atoms with Gasteiger partial charge in [0.25, 0.3) is 0 Å². The molecule has 0 spiro atoms. The summed E-state index contributed by atoms with van der Waals surface area (Å²) >= 11 is 10.8. The van der Waals surface area contributed by atoms with Crippen LogP contribution >= 0.6 is 38.9 Å². The van der Waals surface area contributed by atoms with Gasteiger partial charge in [-0.25, -0.2) is 9.78 Å². The van der Waals surface area contributed by atoms with E-state index in [4.69, 9.17) is 16.3 Å². The molecule has 1 unspecified atom stereocenters. The van der Waals surface area contributed by atoms with Crippen LogP contribution in [0.1, 0.15) is 32.8 Å². The van der Waals surface area contributed by atoms with E-state index in [1.807, 2.05) is 24.3 Å². The molecule has 19 heavy (non-hydrogen) atoms. The molecule has 0 radical (unpaired) electrons. The van der Waals surface area contributed by atoms with Crippen LogP contribution in [0.2, 0.25) is 5.02 Å². The molecule has 0 aliphatic heterocycles. The lowest BCUT2D eigenvalue weighted by Gasteiger charge is -2.06. The van der Waals surface area contributed by atoms with Gasteiger partial charge in [0, 0.05) is 10.4 Å². The van der Waals surface area contributed by atoms with Crippen LogP contribution < -0.4 is 0 Å². The number of hydrogen-bond acceptors (Lipinski definition) is 4. The number of carbonyl (C=O) groups excluding carboxylic acids is 1. The van der Waals surface area contributed by atoms with Gasteiger partial charge in [0.15, 0.2) is 5.69 Å². The van der Waals surface area contributed by atoms with E-state index in [1.54, 1.807) is 12.3 Å². The largest absolute Gasteiger partial charge is 0.461 e. The van der Waals surface area contributed by atoms with Gasteiger partial charge in [-0.15, -0.1) is 11.3 Å². The summed E-state index contributed by atoms with van der Waals surface area (Å²) in [6.07, 6.45) is 0. The number of ether oxygens (including phenoxy) is 1. The van der Waals surface area contributed by atoms with Gasteiger partial charge in [-0.3, -0.25) is 0 Å². The van der Waals surface area contributed by atoms with Crippen LogP contribution in [-0.4, -0.2) is 17.6 Å². The zero-order chi connectivity index (χ0) is 13.8.